The molecule has 1 unspecified atom stereocenters. The van der Waals surface area contributed by atoms with Crippen LogP contribution >= 0.6 is 12.4 Å². The molecule has 0 radical (unpaired) electrons. The predicted molar refractivity (Wildman–Crippen MR) is 91.2 cm³/mol. The average molecular weight is 363 g/mol. The van der Waals surface area contributed by atoms with Gasteiger partial charge < -0.3 is 10.1 Å². The quantitative estimate of drug-likeness (QED) is 0.745. The smallest absolute Gasteiger partial charge is 0.338 e. The van der Waals surface area contributed by atoms with Crippen LogP contribution in [0.1, 0.15) is 28.8 Å². The molecule has 0 bridgehead atoms. The van der Waals surface area contributed by atoms with Crippen molar-refractivity contribution in [1.82, 2.24) is 10.0 Å². The van der Waals surface area contributed by atoms with Crippen molar-refractivity contribution in [2.75, 3.05) is 26.7 Å². The van der Waals surface area contributed by atoms with Crippen molar-refractivity contribution in [2.45, 2.75) is 18.6 Å². The third kappa shape index (κ3) is 6.10. The van der Waals surface area contributed by atoms with Gasteiger partial charge in [-0.05, 0) is 43.5 Å². The van der Waals surface area contributed by atoms with Gasteiger partial charge in [0.2, 0.25) is 10.0 Å². The lowest BCUT2D eigenvalue weighted by Gasteiger charge is -2.22. The van der Waals surface area contributed by atoms with Crippen molar-refractivity contribution >= 4 is 28.4 Å². The van der Waals surface area contributed by atoms with E-state index >= 15 is 0 Å². The van der Waals surface area contributed by atoms with Crippen molar-refractivity contribution in [1.29, 1.82) is 0 Å². The molecule has 0 saturated carbocycles. The minimum atomic E-state index is -3.48. The van der Waals surface area contributed by atoms with Crippen molar-refractivity contribution < 1.29 is 17.9 Å². The number of sulfonamides is 1. The molecular weight excluding hydrogens is 340 g/mol. The second-order valence-corrected chi connectivity index (χ2v) is 7.28. The van der Waals surface area contributed by atoms with E-state index in [1.54, 1.807) is 24.3 Å². The van der Waals surface area contributed by atoms with Crippen LogP contribution in [0.5, 0.6) is 0 Å². The molecule has 1 aromatic carbocycles. The third-order valence-electron chi connectivity index (χ3n) is 3.76. The highest BCUT2D eigenvalue weighted by Crippen LogP contribution is 2.14. The molecule has 130 valence electrons. The lowest BCUT2D eigenvalue weighted by Crippen LogP contribution is -2.38. The van der Waals surface area contributed by atoms with E-state index < -0.39 is 16.0 Å². The highest BCUT2D eigenvalue weighted by Gasteiger charge is 2.20. The van der Waals surface area contributed by atoms with Gasteiger partial charge in [-0.1, -0.05) is 18.2 Å². The van der Waals surface area contributed by atoms with E-state index in [0.29, 0.717) is 18.0 Å². The zero-order valence-corrected chi connectivity index (χ0v) is 14.7. The van der Waals surface area contributed by atoms with Gasteiger partial charge >= 0.3 is 5.97 Å². The van der Waals surface area contributed by atoms with Crippen LogP contribution < -0.4 is 10.0 Å². The number of esters is 1. The Labute approximate surface area is 143 Å². The van der Waals surface area contributed by atoms with Crippen LogP contribution in [0.25, 0.3) is 0 Å². The van der Waals surface area contributed by atoms with Gasteiger partial charge in [-0.2, -0.15) is 0 Å². The van der Waals surface area contributed by atoms with Crippen LogP contribution in [-0.2, 0) is 20.5 Å². The number of methoxy groups -OCH3 is 1. The molecule has 1 fully saturated rings. The van der Waals surface area contributed by atoms with Crippen LogP contribution in [-0.4, -0.2) is 41.1 Å². The van der Waals surface area contributed by atoms with Gasteiger partial charge in [0.15, 0.2) is 0 Å². The van der Waals surface area contributed by atoms with Gasteiger partial charge in [0, 0.05) is 6.54 Å². The Morgan fingerprint density at radius 1 is 1.39 bits per heavy atom. The Morgan fingerprint density at radius 3 is 2.78 bits per heavy atom. The topological polar surface area (TPSA) is 84.5 Å². The molecule has 0 amide bonds. The summed E-state index contributed by atoms with van der Waals surface area (Å²) < 4.78 is 31.8. The number of hydrogen-bond donors (Lipinski definition) is 2. The average Bonchev–Trinajstić information content (AvgIpc) is 2.53. The molecule has 0 aliphatic carbocycles. The van der Waals surface area contributed by atoms with Crippen LogP contribution in [0, 0.1) is 5.92 Å². The molecule has 1 heterocycles. The molecule has 6 nitrogen and oxygen atoms in total. The molecule has 0 aromatic heterocycles. The first kappa shape index (κ1) is 19.9. The van der Waals surface area contributed by atoms with Gasteiger partial charge in [0.1, 0.15) is 0 Å². The highest BCUT2D eigenvalue weighted by molar-refractivity contribution is 7.88. The monoisotopic (exact) mass is 362 g/mol. The number of hydrogen-bond acceptors (Lipinski definition) is 5. The molecule has 1 aromatic rings. The van der Waals surface area contributed by atoms with Crippen LogP contribution in [0.2, 0.25) is 0 Å². The van der Waals surface area contributed by atoms with E-state index in [9.17, 15) is 13.2 Å². The zero-order valence-electron chi connectivity index (χ0n) is 13.1. The highest BCUT2D eigenvalue weighted by atomic mass is 35.5. The van der Waals surface area contributed by atoms with E-state index in [1.165, 1.54) is 7.11 Å². The molecule has 2 rings (SSSR count). The SMILES string of the molecule is COC(=O)c1ccccc1CS(=O)(=O)NCC1CCCNC1.Cl. The minimum absolute atomic E-state index is 0. The number of carbonyl (C=O) groups is 1. The first-order chi connectivity index (χ1) is 10.5. The normalized spacial score (nSPS) is 18.0. The summed E-state index contributed by atoms with van der Waals surface area (Å²) in [5, 5.41) is 3.26. The maximum atomic E-state index is 12.2. The molecule has 2 N–H and O–H groups in total. The van der Waals surface area contributed by atoms with Crippen LogP contribution in [0.15, 0.2) is 24.3 Å². The molecule has 0 spiro atoms. The Balaban J connectivity index is 0.00000264. The number of nitrogens with one attached hydrogen (secondary N) is 2. The number of piperidine rings is 1. The summed E-state index contributed by atoms with van der Waals surface area (Å²) in [6, 6.07) is 6.60. The maximum absolute atomic E-state index is 12.2. The first-order valence-corrected chi connectivity index (χ1v) is 9.01. The molecule has 8 heteroatoms. The summed E-state index contributed by atoms with van der Waals surface area (Å²) in [6.45, 7) is 2.26. The Kier molecular flexibility index (Phi) is 7.98. The molecular formula is C15H23ClN2O4S. The Morgan fingerprint density at radius 2 is 2.13 bits per heavy atom. The van der Waals surface area contributed by atoms with E-state index in [4.69, 9.17) is 0 Å². The molecule has 23 heavy (non-hydrogen) atoms. The van der Waals surface area contributed by atoms with Crippen molar-refractivity contribution in [2.24, 2.45) is 5.92 Å². The van der Waals surface area contributed by atoms with E-state index in [-0.39, 0.29) is 23.7 Å². The summed E-state index contributed by atoms with van der Waals surface area (Å²) in [5.41, 5.74) is 0.735. The second-order valence-electron chi connectivity index (χ2n) is 5.47. The Bertz CT molecular complexity index is 616. The minimum Gasteiger partial charge on any atom is -0.465 e. The Hall–Kier alpha value is -1.15. The van der Waals surface area contributed by atoms with E-state index in [1.807, 2.05) is 0 Å². The number of ether oxygens (including phenoxy) is 1. The lowest BCUT2D eigenvalue weighted by atomic mass is 10.0. The number of halogens is 1. The lowest BCUT2D eigenvalue weighted by molar-refractivity contribution is 0.0600. The van der Waals surface area contributed by atoms with Gasteiger partial charge in [-0.25, -0.2) is 17.9 Å². The van der Waals surface area contributed by atoms with Gasteiger partial charge in [0.05, 0.1) is 18.4 Å². The maximum Gasteiger partial charge on any atom is 0.338 e. The molecule has 1 saturated heterocycles. The molecule has 1 aliphatic rings. The van der Waals surface area contributed by atoms with Gasteiger partial charge in [-0.15, -0.1) is 12.4 Å². The fourth-order valence-electron chi connectivity index (χ4n) is 2.55. The predicted octanol–water partition coefficient (Wildman–Crippen LogP) is 1.31. The van der Waals surface area contributed by atoms with Crippen molar-refractivity contribution in [3.63, 3.8) is 0 Å². The number of carbonyl (C=O) groups excluding carboxylic acids is 1. The summed E-state index contributed by atoms with van der Waals surface area (Å²) in [6.07, 6.45) is 2.09. The summed E-state index contributed by atoms with van der Waals surface area (Å²) in [7, 11) is -2.20. The van der Waals surface area contributed by atoms with Crippen LogP contribution in [0.3, 0.4) is 0 Å². The fraction of sp³-hybridized carbons (Fsp3) is 0.533. The molecule has 1 aliphatic heterocycles. The van der Waals surface area contributed by atoms with Crippen molar-refractivity contribution in [3.8, 4) is 0 Å². The van der Waals surface area contributed by atoms with Crippen LogP contribution in [0.4, 0.5) is 0 Å². The van der Waals surface area contributed by atoms with Gasteiger partial charge in [-0.3, -0.25) is 0 Å². The van der Waals surface area contributed by atoms with Crippen molar-refractivity contribution in [3.05, 3.63) is 35.4 Å². The second kappa shape index (κ2) is 9.22. The summed E-state index contributed by atoms with van der Waals surface area (Å²) in [5.74, 6) is -0.431. The zero-order chi connectivity index (χ0) is 16.0. The standard InChI is InChI=1S/C15H22N2O4S.ClH/c1-21-15(18)14-7-3-2-6-13(14)11-22(19,20)17-10-12-5-4-8-16-9-12;/h2-3,6-7,12,16-17H,4-5,8-11H2,1H3;1H. The number of benzene rings is 1. The third-order valence-corrected chi connectivity index (χ3v) is 5.06. The first-order valence-electron chi connectivity index (χ1n) is 7.36. The van der Waals surface area contributed by atoms with Gasteiger partial charge in [0.25, 0.3) is 0 Å². The largest absolute Gasteiger partial charge is 0.465 e. The summed E-state index contributed by atoms with van der Waals surface area (Å²) in [4.78, 5) is 11.7. The molecule has 1 atom stereocenters. The fourth-order valence-corrected chi connectivity index (χ4v) is 3.81. The van der Waals surface area contributed by atoms with E-state index in [2.05, 4.69) is 14.8 Å². The summed E-state index contributed by atoms with van der Waals surface area (Å²) >= 11 is 0. The number of rotatable bonds is 6. The van der Waals surface area contributed by atoms with E-state index in [0.717, 1.165) is 25.9 Å².